The number of ketones is 1. The number of carbonyl (C=O) groups is 1. The zero-order valence-electron chi connectivity index (χ0n) is 22.7. The summed E-state index contributed by atoms with van der Waals surface area (Å²) in [6.45, 7) is 0.943. The fraction of sp³-hybridized carbons (Fsp3) is 0.161. The van der Waals surface area contributed by atoms with Gasteiger partial charge in [0.1, 0.15) is 11.5 Å². The number of methoxy groups -OCH3 is 2. The number of allylic oxidation sites excluding steroid dienone is 1. The van der Waals surface area contributed by atoms with Gasteiger partial charge in [0.25, 0.3) is 0 Å². The van der Waals surface area contributed by atoms with Crippen LogP contribution in [0.3, 0.4) is 0 Å². The topological polar surface area (TPSA) is 115 Å². The summed E-state index contributed by atoms with van der Waals surface area (Å²) in [5.41, 5.74) is 3.75. The molecule has 0 saturated carbocycles. The van der Waals surface area contributed by atoms with Crippen LogP contribution in [0.4, 0.5) is 0 Å². The van der Waals surface area contributed by atoms with Crippen molar-refractivity contribution >= 4 is 32.8 Å². The summed E-state index contributed by atoms with van der Waals surface area (Å²) in [5.74, 6) is 0.905. The number of fused-ring (bicyclic) bond motifs is 1. The number of nitrogens with zero attached hydrogens (tertiary/aromatic N) is 2. The molecule has 0 unspecified atom stereocenters. The van der Waals surface area contributed by atoms with E-state index >= 15 is 0 Å². The van der Waals surface area contributed by atoms with Crippen molar-refractivity contribution < 1.29 is 22.7 Å². The number of rotatable bonds is 12. The Morgan fingerprint density at radius 3 is 2.51 bits per heavy atom. The summed E-state index contributed by atoms with van der Waals surface area (Å²) < 4.78 is 41.0. The first-order valence-corrected chi connectivity index (χ1v) is 14.5. The van der Waals surface area contributed by atoms with Gasteiger partial charge in [0.15, 0.2) is 5.78 Å². The second-order valence-corrected chi connectivity index (χ2v) is 11.1. The minimum absolute atomic E-state index is 0.0976. The van der Waals surface area contributed by atoms with Gasteiger partial charge < -0.3 is 19.0 Å². The molecule has 41 heavy (non-hydrogen) atoms. The van der Waals surface area contributed by atoms with Crippen LogP contribution in [0.15, 0.2) is 96.4 Å². The van der Waals surface area contributed by atoms with E-state index in [0.29, 0.717) is 35.6 Å². The number of imidazole rings is 1. The lowest BCUT2D eigenvalue weighted by Crippen LogP contribution is -2.25. The fourth-order valence-corrected chi connectivity index (χ4v) is 5.59. The Labute approximate surface area is 238 Å². The van der Waals surface area contributed by atoms with Crippen molar-refractivity contribution in [3.05, 3.63) is 103 Å². The minimum atomic E-state index is -3.69. The third-order valence-corrected chi connectivity index (χ3v) is 8.16. The molecule has 2 heterocycles. The van der Waals surface area contributed by atoms with E-state index in [1.54, 1.807) is 38.9 Å². The third-order valence-electron chi connectivity index (χ3n) is 6.68. The molecule has 0 aliphatic rings. The third kappa shape index (κ3) is 6.40. The maximum Gasteiger partial charge on any atom is 0.240 e. The number of aromatic nitrogens is 3. The fourth-order valence-electron chi connectivity index (χ4n) is 4.51. The summed E-state index contributed by atoms with van der Waals surface area (Å²) in [5, 5.41) is 1.07. The van der Waals surface area contributed by atoms with Crippen LogP contribution < -0.4 is 14.2 Å². The van der Waals surface area contributed by atoms with Crippen molar-refractivity contribution in [2.45, 2.75) is 17.9 Å². The number of aryl methyl sites for hydroxylation is 1. The van der Waals surface area contributed by atoms with Gasteiger partial charge in [-0.1, -0.05) is 18.2 Å². The lowest BCUT2D eigenvalue weighted by atomic mass is 10.0. The second kappa shape index (κ2) is 12.2. The standard InChI is InChI=1S/C31H30N4O5S/c1-39-30-20-31(40-2)26(28-19-23-6-3-4-7-27(23)34-28)18-24(30)10-13-29(36)22-8-11-25(12-9-22)41(37,38)33-14-5-16-35-17-15-32-21-35/h3-4,6-13,15,17-21,33-34H,5,14,16H2,1-2H3/b13-10+. The molecule has 210 valence electrons. The van der Waals surface area contributed by atoms with Gasteiger partial charge >= 0.3 is 0 Å². The molecule has 3 aromatic carbocycles. The van der Waals surface area contributed by atoms with Crippen LogP contribution in [-0.4, -0.2) is 49.5 Å². The van der Waals surface area contributed by atoms with Gasteiger partial charge in [0.2, 0.25) is 10.0 Å². The first-order valence-electron chi connectivity index (χ1n) is 13.0. The highest BCUT2D eigenvalue weighted by Crippen LogP contribution is 2.37. The van der Waals surface area contributed by atoms with Crippen molar-refractivity contribution in [2.24, 2.45) is 0 Å². The average Bonchev–Trinajstić information content (AvgIpc) is 3.68. The Kier molecular flexibility index (Phi) is 8.32. The molecule has 10 heteroatoms. The van der Waals surface area contributed by atoms with Crippen molar-refractivity contribution in [1.29, 1.82) is 0 Å². The predicted molar refractivity (Wildman–Crippen MR) is 159 cm³/mol. The van der Waals surface area contributed by atoms with Gasteiger partial charge in [0, 0.05) is 59.1 Å². The summed E-state index contributed by atoms with van der Waals surface area (Å²) in [4.78, 5) is 20.4. The second-order valence-electron chi connectivity index (χ2n) is 9.34. The Morgan fingerprint density at radius 2 is 1.80 bits per heavy atom. The van der Waals surface area contributed by atoms with Crippen molar-refractivity contribution in [3.8, 4) is 22.8 Å². The van der Waals surface area contributed by atoms with Crippen LogP contribution in [0.2, 0.25) is 0 Å². The highest BCUT2D eigenvalue weighted by molar-refractivity contribution is 7.89. The lowest BCUT2D eigenvalue weighted by molar-refractivity contribution is 0.104. The van der Waals surface area contributed by atoms with Crippen molar-refractivity contribution in [1.82, 2.24) is 19.3 Å². The molecule has 5 rings (SSSR count). The number of para-hydroxylation sites is 1. The highest BCUT2D eigenvalue weighted by atomic mass is 32.2. The molecule has 0 bridgehead atoms. The van der Waals surface area contributed by atoms with E-state index in [9.17, 15) is 13.2 Å². The largest absolute Gasteiger partial charge is 0.496 e. The number of ether oxygens (including phenoxy) is 2. The zero-order valence-corrected chi connectivity index (χ0v) is 23.5. The normalized spacial score (nSPS) is 11.8. The van der Waals surface area contributed by atoms with E-state index in [1.165, 1.54) is 30.3 Å². The molecule has 9 nitrogen and oxygen atoms in total. The molecule has 0 atom stereocenters. The first kappa shape index (κ1) is 27.9. The Bertz CT molecular complexity index is 1760. The number of carbonyl (C=O) groups excluding carboxylic acids is 1. The summed E-state index contributed by atoms with van der Waals surface area (Å²) in [6.07, 6.45) is 8.93. The lowest BCUT2D eigenvalue weighted by Gasteiger charge is -2.12. The molecule has 0 saturated heterocycles. The van der Waals surface area contributed by atoms with Crippen molar-refractivity contribution in [3.63, 3.8) is 0 Å². The quantitative estimate of drug-likeness (QED) is 0.119. The van der Waals surface area contributed by atoms with E-state index in [2.05, 4.69) is 14.7 Å². The van der Waals surface area contributed by atoms with E-state index in [0.717, 1.165) is 22.2 Å². The van der Waals surface area contributed by atoms with Gasteiger partial charge in [-0.25, -0.2) is 18.1 Å². The molecular formula is C31H30N4O5S. The number of benzene rings is 3. The molecule has 5 aromatic rings. The van der Waals surface area contributed by atoms with E-state index < -0.39 is 10.0 Å². The van der Waals surface area contributed by atoms with Gasteiger partial charge in [-0.2, -0.15) is 0 Å². The highest BCUT2D eigenvalue weighted by Gasteiger charge is 2.16. The molecule has 2 aromatic heterocycles. The maximum atomic E-state index is 13.0. The molecule has 0 radical (unpaired) electrons. The number of aromatic amines is 1. The maximum absolute atomic E-state index is 13.0. The summed E-state index contributed by atoms with van der Waals surface area (Å²) in [7, 11) is -0.536. The molecule has 0 spiro atoms. The zero-order chi connectivity index (χ0) is 28.8. The molecule has 2 N–H and O–H groups in total. The first-order chi connectivity index (χ1) is 19.9. The Balaban J connectivity index is 1.30. The summed E-state index contributed by atoms with van der Waals surface area (Å²) in [6, 6.07) is 19.6. The molecule has 0 fully saturated rings. The van der Waals surface area contributed by atoms with Crippen molar-refractivity contribution in [2.75, 3.05) is 20.8 Å². The van der Waals surface area contributed by atoms with E-state index in [1.807, 2.05) is 47.2 Å². The van der Waals surface area contributed by atoms with E-state index in [-0.39, 0.29) is 17.2 Å². The van der Waals surface area contributed by atoms with Crippen LogP contribution in [0.25, 0.3) is 28.2 Å². The van der Waals surface area contributed by atoms with Gasteiger partial charge in [0.05, 0.1) is 31.1 Å². The molecule has 0 aliphatic carbocycles. The van der Waals surface area contributed by atoms with Gasteiger partial charge in [-0.3, -0.25) is 4.79 Å². The monoisotopic (exact) mass is 570 g/mol. The Hall–Kier alpha value is -4.67. The SMILES string of the molecule is COc1cc(OC)c(-c2cc3ccccc3[nH]2)cc1/C=C/C(=O)c1ccc(S(=O)(=O)NCCCn2ccnc2)cc1. The number of sulfonamides is 1. The summed E-state index contributed by atoms with van der Waals surface area (Å²) >= 11 is 0. The van der Waals surface area contributed by atoms with Crippen LogP contribution in [0.5, 0.6) is 11.5 Å². The van der Waals surface area contributed by atoms with Crippen LogP contribution in [0.1, 0.15) is 22.3 Å². The van der Waals surface area contributed by atoms with Gasteiger partial charge in [-0.05, 0) is 61.0 Å². The van der Waals surface area contributed by atoms with Crippen LogP contribution in [0, 0.1) is 0 Å². The van der Waals surface area contributed by atoms with Gasteiger partial charge in [-0.15, -0.1) is 0 Å². The Morgan fingerprint density at radius 1 is 1.02 bits per heavy atom. The number of hydrogen-bond acceptors (Lipinski definition) is 6. The number of nitrogens with one attached hydrogen (secondary N) is 2. The van der Waals surface area contributed by atoms with Crippen LogP contribution in [-0.2, 0) is 16.6 Å². The van der Waals surface area contributed by atoms with Crippen LogP contribution >= 0.6 is 0 Å². The predicted octanol–water partition coefficient (Wildman–Crippen LogP) is 5.31. The molecular weight excluding hydrogens is 540 g/mol. The smallest absolute Gasteiger partial charge is 0.240 e. The average molecular weight is 571 g/mol. The minimum Gasteiger partial charge on any atom is -0.496 e. The molecule has 0 amide bonds. The van der Waals surface area contributed by atoms with E-state index in [4.69, 9.17) is 9.47 Å². The number of H-pyrrole nitrogens is 1. The number of hydrogen-bond donors (Lipinski definition) is 2. The molecule has 0 aliphatic heterocycles.